The Hall–Kier alpha value is -0.590. The summed E-state index contributed by atoms with van der Waals surface area (Å²) >= 11 is 3.41. The Balaban J connectivity index is 2.67. The van der Waals surface area contributed by atoms with E-state index in [1.165, 1.54) is 0 Å². The van der Waals surface area contributed by atoms with Crippen LogP contribution in [0, 0.1) is 13.8 Å². The largest absolute Gasteiger partial charge is 0.314 e. The van der Waals surface area contributed by atoms with Gasteiger partial charge < -0.3 is 5.32 Å². The first-order valence-corrected chi connectivity index (χ1v) is 9.16. The molecule has 0 saturated carbocycles. The van der Waals surface area contributed by atoms with Gasteiger partial charge in [-0.25, -0.2) is 8.42 Å². The van der Waals surface area contributed by atoms with Crippen LogP contribution < -0.4 is 10.0 Å². The van der Waals surface area contributed by atoms with Gasteiger partial charge in [-0.15, -0.1) is 0 Å². The SMILES string of the molecule is Cc1cc(C)c(NS(=O)(=O)CCCNC(C)C)c(Br)c1. The van der Waals surface area contributed by atoms with Gasteiger partial charge in [0.05, 0.1) is 11.4 Å². The summed E-state index contributed by atoms with van der Waals surface area (Å²) in [6.45, 7) is 8.66. The van der Waals surface area contributed by atoms with E-state index in [9.17, 15) is 8.42 Å². The first-order chi connectivity index (χ1) is 9.21. The van der Waals surface area contributed by atoms with Gasteiger partial charge in [-0.3, -0.25) is 4.72 Å². The van der Waals surface area contributed by atoms with Gasteiger partial charge >= 0.3 is 0 Å². The molecule has 6 heteroatoms. The van der Waals surface area contributed by atoms with Gasteiger partial charge in [-0.1, -0.05) is 19.9 Å². The Morgan fingerprint density at radius 3 is 2.45 bits per heavy atom. The van der Waals surface area contributed by atoms with Gasteiger partial charge in [0.2, 0.25) is 10.0 Å². The first kappa shape index (κ1) is 17.5. The van der Waals surface area contributed by atoms with Gasteiger partial charge in [0.1, 0.15) is 0 Å². The van der Waals surface area contributed by atoms with Crippen LogP contribution in [0.4, 0.5) is 5.69 Å². The van der Waals surface area contributed by atoms with Crippen molar-refractivity contribution in [3.63, 3.8) is 0 Å². The van der Waals surface area contributed by atoms with Crippen molar-refractivity contribution in [2.45, 2.75) is 40.2 Å². The summed E-state index contributed by atoms with van der Waals surface area (Å²) in [5.41, 5.74) is 2.65. The first-order valence-electron chi connectivity index (χ1n) is 6.72. The van der Waals surface area contributed by atoms with Crippen LogP contribution in [0.15, 0.2) is 16.6 Å². The van der Waals surface area contributed by atoms with Gasteiger partial charge in [0, 0.05) is 10.5 Å². The third-order valence-electron chi connectivity index (χ3n) is 2.83. The van der Waals surface area contributed by atoms with Crippen molar-refractivity contribution >= 4 is 31.6 Å². The fraction of sp³-hybridized carbons (Fsp3) is 0.571. The fourth-order valence-corrected chi connectivity index (χ4v) is 4.02. The van der Waals surface area contributed by atoms with Crippen LogP contribution >= 0.6 is 15.9 Å². The second-order valence-electron chi connectivity index (χ2n) is 5.32. The molecular formula is C14H23BrN2O2S. The lowest BCUT2D eigenvalue weighted by Crippen LogP contribution is -2.26. The smallest absolute Gasteiger partial charge is 0.232 e. The minimum Gasteiger partial charge on any atom is -0.314 e. The van der Waals surface area contributed by atoms with E-state index in [0.717, 1.165) is 15.6 Å². The highest BCUT2D eigenvalue weighted by Crippen LogP contribution is 2.28. The Labute approximate surface area is 130 Å². The number of halogens is 1. The molecule has 0 aliphatic heterocycles. The summed E-state index contributed by atoms with van der Waals surface area (Å²) in [5.74, 6) is 0.118. The highest BCUT2D eigenvalue weighted by molar-refractivity contribution is 9.10. The van der Waals surface area contributed by atoms with E-state index < -0.39 is 10.0 Å². The highest BCUT2D eigenvalue weighted by atomic mass is 79.9. The van der Waals surface area contributed by atoms with Crippen molar-refractivity contribution in [3.8, 4) is 0 Å². The Kier molecular flexibility index (Phi) is 6.48. The molecule has 0 bridgehead atoms. The molecular weight excluding hydrogens is 340 g/mol. The van der Waals surface area contributed by atoms with E-state index in [1.54, 1.807) is 0 Å². The Morgan fingerprint density at radius 2 is 1.90 bits per heavy atom. The fourth-order valence-electron chi connectivity index (χ4n) is 1.90. The molecule has 1 aromatic carbocycles. The standard InChI is InChI=1S/C14H23BrN2O2S/c1-10(2)16-6-5-7-20(18,19)17-14-12(4)8-11(3)9-13(14)15/h8-10,16-17H,5-7H2,1-4H3. The number of rotatable bonds is 7. The van der Waals surface area contributed by atoms with Gasteiger partial charge in [0.25, 0.3) is 0 Å². The van der Waals surface area contributed by atoms with Crippen LogP contribution in [0.1, 0.15) is 31.4 Å². The summed E-state index contributed by atoms with van der Waals surface area (Å²) in [5, 5.41) is 3.21. The van der Waals surface area contributed by atoms with Crippen molar-refractivity contribution in [1.82, 2.24) is 5.32 Å². The van der Waals surface area contributed by atoms with E-state index in [-0.39, 0.29) is 5.75 Å². The quantitative estimate of drug-likeness (QED) is 0.732. The monoisotopic (exact) mass is 362 g/mol. The molecule has 1 aromatic rings. The molecule has 20 heavy (non-hydrogen) atoms. The molecule has 0 aliphatic rings. The molecule has 0 fully saturated rings. The molecule has 0 atom stereocenters. The molecule has 2 N–H and O–H groups in total. The number of sulfonamides is 1. The number of aryl methyl sites for hydroxylation is 2. The Morgan fingerprint density at radius 1 is 1.25 bits per heavy atom. The summed E-state index contributed by atoms with van der Waals surface area (Å²) in [6, 6.07) is 4.24. The van der Waals surface area contributed by atoms with Gasteiger partial charge in [-0.2, -0.15) is 0 Å². The molecule has 0 radical (unpaired) electrons. The van der Waals surface area contributed by atoms with Gasteiger partial charge in [-0.05, 0) is 59.9 Å². The normalized spacial score (nSPS) is 11.9. The summed E-state index contributed by atoms with van der Waals surface area (Å²) < 4.78 is 27.6. The lowest BCUT2D eigenvalue weighted by molar-refractivity contribution is 0.571. The van der Waals surface area contributed by atoms with Crippen LogP contribution in [0.25, 0.3) is 0 Å². The number of hydrogen-bond donors (Lipinski definition) is 2. The second kappa shape index (κ2) is 7.43. The zero-order chi connectivity index (χ0) is 15.3. The summed E-state index contributed by atoms with van der Waals surface area (Å²) in [7, 11) is -3.31. The van der Waals surface area contributed by atoms with Crippen LogP contribution in [0.5, 0.6) is 0 Å². The number of anilines is 1. The van der Waals surface area contributed by atoms with Crippen LogP contribution in [0.2, 0.25) is 0 Å². The van der Waals surface area contributed by atoms with E-state index in [4.69, 9.17) is 0 Å². The van der Waals surface area contributed by atoms with E-state index in [0.29, 0.717) is 24.7 Å². The number of hydrogen-bond acceptors (Lipinski definition) is 3. The highest BCUT2D eigenvalue weighted by Gasteiger charge is 2.14. The third kappa shape index (κ3) is 5.81. The maximum absolute atomic E-state index is 12.1. The minimum atomic E-state index is -3.31. The third-order valence-corrected chi connectivity index (χ3v) is 4.80. The van der Waals surface area contributed by atoms with Crippen LogP contribution in [-0.2, 0) is 10.0 Å². The van der Waals surface area contributed by atoms with E-state index >= 15 is 0 Å². The zero-order valence-electron chi connectivity index (χ0n) is 12.5. The van der Waals surface area contributed by atoms with Crippen LogP contribution in [-0.4, -0.2) is 26.8 Å². The molecule has 0 saturated heterocycles. The lowest BCUT2D eigenvalue weighted by atomic mass is 10.1. The lowest BCUT2D eigenvalue weighted by Gasteiger charge is -2.14. The van der Waals surface area contributed by atoms with Crippen molar-refractivity contribution in [3.05, 3.63) is 27.7 Å². The molecule has 0 unspecified atom stereocenters. The number of benzene rings is 1. The summed E-state index contributed by atoms with van der Waals surface area (Å²) in [6.07, 6.45) is 0.593. The number of nitrogens with one attached hydrogen (secondary N) is 2. The predicted octanol–water partition coefficient (Wildman–Crippen LogP) is 3.20. The molecule has 0 aliphatic carbocycles. The Bertz CT molecular complexity index is 533. The molecule has 0 aromatic heterocycles. The van der Waals surface area contributed by atoms with Gasteiger partial charge in [0.15, 0.2) is 0 Å². The predicted molar refractivity (Wildman–Crippen MR) is 88.8 cm³/mol. The average Bonchev–Trinajstić information content (AvgIpc) is 2.29. The second-order valence-corrected chi connectivity index (χ2v) is 8.02. The molecule has 0 amide bonds. The molecule has 4 nitrogen and oxygen atoms in total. The van der Waals surface area contributed by atoms with E-state index in [1.807, 2.05) is 39.8 Å². The maximum Gasteiger partial charge on any atom is 0.232 e. The minimum absolute atomic E-state index is 0.118. The molecule has 0 spiro atoms. The van der Waals surface area contributed by atoms with Crippen molar-refractivity contribution < 1.29 is 8.42 Å². The van der Waals surface area contributed by atoms with Crippen LogP contribution in [0.3, 0.4) is 0 Å². The summed E-state index contributed by atoms with van der Waals surface area (Å²) in [4.78, 5) is 0. The average molecular weight is 363 g/mol. The topological polar surface area (TPSA) is 58.2 Å². The van der Waals surface area contributed by atoms with E-state index in [2.05, 4.69) is 26.0 Å². The molecule has 0 heterocycles. The maximum atomic E-state index is 12.1. The zero-order valence-corrected chi connectivity index (χ0v) is 14.9. The molecule has 1 rings (SSSR count). The van der Waals surface area contributed by atoms with Crippen molar-refractivity contribution in [2.24, 2.45) is 0 Å². The van der Waals surface area contributed by atoms with Crippen molar-refractivity contribution in [1.29, 1.82) is 0 Å². The van der Waals surface area contributed by atoms with Crippen molar-refractivity contribution in [2.75, 3.05) is 17.0 Å². The molecule has 114 valence electrons.